The Labute approximate surface area is 83.2 Å². The molecular formula is C12H12O2. The SMILES string of the molecule is O=C(C=C1CCCO1)c1ccccc1. The molecule has 1 heterocycles. The van der Waals surface area contributed by atoms with E-state index in [4.69, 9.17) is 4.74 Å². The molecule has 0 radical (unpaired) electrons. The van der Waals surface area contributed by atoms with Crippen molar-refractivity contribution < 1.29 is 9.53 Å². The van der Waals surface area contributed by atoms with Crippen LogP contribution in [0.2, 0.25) is 0 Å². The standard InChI is InChI=1S/C12H12O2/c13-12(9-11-7-4-8-14-11)10-5-2-1-3-6-10/h1-3,5-6,9H,4,7-8H2. The molecule has 0 spiro atoms. The third-order valence-electron chi connectivity index (χ3n) is 2.21. The van der Waals surface area contributed by atoms with Gasteiger partial charge in [-0.05, 0) is 6.42 Å². The number of rotatable bonds is 2. The van der Waals surface area contributed by atoms with Gasteiger partial charge < -0.3 is 4.74 Å². The van der Waals surface area contributed by atoms with E-state index in [2.05, 4.69) is 0 Å². The molecule has 0 aromatic heterocycles. The van der Waals surface area contributed by atoms with Gasteiger partial charge >= 0.3 is 0 Å². The van der Waals surface area contributed by atoms with Crippen molar-refractivity contribution in [3.63, 3.8) is 0 Å². The van der Waals surface area contributed by atoms with Crippen LogP contribution >= 0.6 is 0 Å². The molecule has 2 heteroatoms. The molecule has 0 aliphatic carbocycles. The van der Waals surface area contributed by atoms with Gasteiger partial charge in [-0.3, -0.25) is 4.79 Å². The second kappa shape index (κ2) is 4.09. The highest BCUT2D eigenvalue weighted by Crippen LogP contribution is 2.16. The number of hydrogen-bond acceptors (Lipinski definition) is 2. The van der Waals surface area contributed by atoms with Crippen molar-refractivity contribution in [1.29, 1.82) is 0 Å². The Morgan fingerprint density at radius 3 is 2.71 bits per heavy atom. The van der Waals surface area contributed by atoms with Crippen molar-refractivity contribution in [2.24, 2.45) is 0 Å². The maximum Gasteiger partial charge on any atom is 0.189 e. The minimum atomic E-state index is 0.0301. The fraction of sp³-hybridized carbons (Fsp3) is 0.250. The second-order valence-corrected chi connectivity index (χ2v) is 3.29. The Bertz CT molecular complexity index is 344. The number of hydrogen-bond donors (Lipinski definition) is 0. The molecule has 1 fully saturated rings. The molecule has 1 aliphatic heterocycles. The van der Waals surface area contributed by atoms with E-state index < -0.39 is 0 Å². The summed E-state index contributed by atoms with van der Waals surface area (Å²) in [6.07, 6.45) is 3.51. The van der Waals surface area contributed by atoms with Gasteiger partial charge in [0, 0.05) is 18.1 Å². The lowest BCUT2D eigenvalue weighted by molar-refractivity contribution is 0.104. The van der Waals surface area contributed by atoms with Crippen molar-refractivity contribution in [3.8, 4) is 0 Å². The number of ketones is 1. The monoisotopic (exact) mass is 188 g/mol. The smallest absolute Gasteiger partial charge is 0.189 e. The summed E-state index contributed by atoms with van der Waals surface area (Å²) in [6, 6.07) is 9.25. The van der Waals surface area contributed by atoms with E-state index >= 15 is 0 Å². The molecule has 0 unspecified atom stereocenters. The summed E-state index contributed by atoms with van der Waals surface area (Å²) in [5.41, 5.74) is 0.718. The van der Waals surface area contributed by atoms with Crippen molar-refractivity contribution >= 4 is 5.78 Å². The molecule has 0 bridgehead atoms. The summed E-state index contributed by atoms with van der Waals surface area (Å²) in [4.78, 5) is 11.6. The average Bonchev–Trinajstić information content (AvgIpc) is 2.72. The molecule has 1 aliphatic rings. The fourth-order valence-corrected chi connectivity index (χ4v) is 1.47. The lowest BCUT2D eigenvalue weighted by atomic mass is 10.1. The molecular weight excluding hydrogens is 176 g/mol. The first-order valence-corrected chi connectivity index (χ1v) is 4.79. The summed E-state index contributed by atoms with van der Waals surface area (Å²) in [5.74, 6) is 0.848. The van der Waals surface area contributed by atoms with Gasteiger partial charge in [0.15, 0.2) is 5.78 Å². The zero-order valence-electron chi connectivity index (χ0n) is 7.90. The zero-order valence-corrected chi connectivity index (χ0v) is 7.90. The highest BCUT2D eigenvalue weighted by molar-refractivity contribution is 6.04. The van der Waals surface area contributed by atoms with Crippen LogP contribution in [0.5, 0.6) is 0 Å². The van der Waals surface area contributed by atoms with Gasteiger partial charge in [-0.1, -0.05) is 30.3 Å². The third-order valence-corrected chi connectivity index (χ3v) is 2.21. The van der Waals surface area contributed by atoms with Gasteiger partial charge in [0.25, 0.3) is 0 Å². The van der Waals surface area contributed by atoms with Crippen LogP contribution in [0, 0.1) is 0 Å². The first kappa shape index (κ1) is 9.00. The lowest BCUT2D eigenvalue weighted by Gasteiger charge is -1.97. The molecule has 14 heavy (non-hydrogen) atoms. The van der Waals surface area contributed by atoms with E-state index in [0.29, 0.717) is 0 Å². The second-order valence-electron chi connectivity index (χ2n) is 3.29. The molecule has 0 atom stereocenters. The van der Waals surface area contributed by atoms with Crippen LogP contribution in [-0.4, -0.2) is 12.4 Å². The van der Waals surface area contributed by atoms with Crippen LogP contribution in [0.4, 0.5) is 0 Å². The highest BCUT2D eigenvalue weighted by atomic mass is 16.5. The minimum Gasteiger partial charge on any atom is -0.498 e. The Morgan fingerprint density at radius 2 is 2.07 bits per heavy atom. The summed E-state index contributed by atoms with van der Waals surface area (Å²) in [7, 11) is 0. The molecule has 2 nitrogen and oxygen atoms in total. The van der Waals surface area contributed by atoms with E-state index in [1.165, 1.54) is 0 Å². The predicted octanol–water partition coefficient (Wildman–Crippen LogP) is 2.56. The van der Waals surface area contributed by atoms with Crippen LogP contribution < -0.4 is 0 Å². The van der Waals surface area contributed by atoms with Crippen LogP contribution in [0.1, 0.15) is 23.2 Å². The summed E-state index contributed by atoms with van der Waals surface area (Å²) >= 11 is 0. The molecule has 1 saturated heterocycles. The molecule has 1 aromatic carbocycles. The van der Waals surface area contributed by atoms with Gasteiger partial charge in [0.1, 0.15) is 0 Å². The van der Waals surface area contributed by atoms with E-state index in [9.17, 15) is 4.79 Å². The molecule has 2 rings (SSSR count). The average molecular weight is 188 g/mol. The van der Waals surface area contributed by atoms with Gasteiger partial charge in [0.2, 0.25) is 0 Å². The fourth-order valence-electron chi connectivity index (χ4n) is 1.47. The summed E-state index contributed by atoms with van der Waals surface area (Å²) in [5, 5.41) is 0. The maximum absolute atomic E-state index is 11.6. The summed E-state index contributed by atoms with van der Waals surface area (Å²) < 4.78 is 5.29. The number of carbonyl (C=O) groups excluding carboxylic acids is 1. The first-order valence-electron chi connectivity index (χ1n) is 4.79. The largest absolute Gasteiger partial charge is 0.498 e. The Hall–Kier alpha value is -1.57. The topological polar surface area (TPSA) is 26.3 Å². The van der Waals surface area contributed by atoms with E-state index in [1.807, 2.05) is 30.3 Å². The molecule has 0 N–H and O–H groups in total. The van der Waals surface area contributed by atoms with Gasteiger partial charge in [0.05, 0.1) is 12.4 Å². The molecule has 0 amide bonds. The molecule has 0 saturated carbocycles. The van der Waals surface area contributed by atoms with Gasteiger partial charge in [-0.25, -0.2) is 0 Å². The van der Waals surface area contributed by atoms with Crippen LogP contribution in [-0.2, 0) is 4.74 Å². The predicted molar refractivity (Wildman–Crippen MR) is 54.0 cm³/mol. The Morgan fingerprint density at radius 1 is 1.29 bits per heavy atom. The van der Waals surface area contributed by atoms with E-state index in [1.54, 1.807) is 6.08 Å². The van der Waals surface area contributed by atoms with Crippen LogP contribution in [0.25, 0.3) is 0 Å². The lowest BCUT2D eigenvalue weighted by Crippen LogP contribution is -1.95. The zero-order chi connectivity index (χ0) is 9.80. The normalized spacial score (nSPS) is 18.1. The molecule has 72 valence electrons. The number of benzene rings is 1. The first-order chi connectivity index (χ1) is 6.86. The van der Waals surface area contributed by atoms with Gasteiger partial charge in [-0.2, -0.15) is 0 Å². The van der Waals surface area contributed by atoms with Crippen molar-refractivity contribution in [2.45, 2.75) is 12.8 Å². The van der Waals surface area contributed by atoms with Crippen molar-refractivity contribution in [2.75, 3.05) is 6.61 Å². The summed E-state index contributed by atoms with van der Waals surface area (Å²) in [6.45, 7) is 0.744. The Balaban J connectivity index is 2.13. The number of ether oxygens (including phenoxy) is 1. The van der Waals surface area contributed by atoms with E-state index in [-0.39, 0.29) is 5.78 Å². The minimum absolute atomic E-state index is 0.0301. The number of carbonyl (C=O) groups is 1. The Kier molecular flexibility index (Phi) is 2.63. The van der Waals surface area contributed by atoms with Crippen LogP contribution in [0.15, 0.2) is 42.2 Å². The van der Waals surface area contributed by atoms with Crippen molar-refractivity contribution in [3.05, 3.63) is 47.7 Å². The molecule has 1 aromatic rings. The van der Waals surface area contributed by atoms with Crippen molar-refractivity contribution in [1.82, 2.24) is 0 Å². The van der Waals surface area contributed by atoms with Gasteiger partial charge in [-0.15, -0.1) is 0 Å². The van der Waals surface area contributed by atoms with E-state index in [0.717, 1.165) is 30.8 Å². The maximum atomic E-state index is 11.6. The van der Waals surface area contributed by atoms with Crippen LogP contribution in [0.3, 0.4) is 0 Å². The number of allylic oxidation sites excluding steroid dienone is 2. The quantitative estimate of drug-likeness (QED) is 0.526. The third kappa shape index (κ3) is 2.02. The highest BCUT2D eigenvalue weighted by Gasteiger charge is 2.10.